The van der Waals surface area contributed by atoms with Gasteiger partial charge in [-0.1, -0.05) is 146 Å². The van der Waals surface area contributed by atoms with Crippen molar-refractivity contribution in [3.63, 3.8) is 0 Å². The highest BCUT2D eigenvalue weighted by Gasteiger charge is 2.38. The number of esters is 6. The minimum absolute atomic E-state index is 0.0962. The lowest BCUT2D eigenvalue weighted by Gasteiger charge is -2.11. The van der Waals surface area contributed by atoms with Crippen molar-refractivity contribution in [2.75, 3.05) is 77.2 Å². The van der Waals surface area contributed by atoms with Crippen molar-refractivity contribution < 1.29 is 139 Å². The second-order valence-electron chi connectivity index (χ2n) is 28.0. The third kappa shape index (κ3) is 49.9. The molecule has 744 valence electrons. The molecular weight excluding hydrogens is 2030 g/mol. The molecule has 0 bridgehead atoms. The quantitative estimate of drug-likeness (QED) is 0.0178. The van der Waals surface area contributed by atoms with Crippen molar-refractivity contribution in [1.29, 1.82) is 0 Å². The van der Waals surface area contributed by atoms with E-state index in [4.69, 9.17) is 85.2 Å². The van der Waals surface area contributed by atoms with Crippen LogP contribution in [0.3, 0.4) is 0 Å². The maximum Gasteiger partial charge on any atom is 0.540 e. The summed E-state index contributed by atoms with van der Waals surface area (Å²) in [5, 5.41) is 14.1. The van der Waals surface area contributed by atoms with Crippen molar-refractivity contribution in [3.8, 4) is 0 Å². The summed E-state index contributed by atoms with van der Waals surface area (Å²) in [5.41, 5.74) is 0. The van der Waals surface area contributed by atoms with Crippen LogP contribution in [0.15, 0.2) is 284 Å². The highest BCUT2D eigenvalue weighted by molar-refractivity contribution is 7.99. The summed E-state index contributed by atoms with van der Waals surface area (Å²) in [4.78, 5) is 128. The number of ether oxygens (including phenoxy) is 6. The van der Waals surface area contributed by atoms with Crippen molar-refractivity contribution in [3.05, 3.63) is 255 Å². The Morgan fingerprint density at radius 3 is 0.406 bits per heavy atom. The zero-order chi connectivity index (χ0) is 104. The molecule has 0 heterocycles. The van der Waals surface area contributed by atoms with Gasteiger partial charge in [-0.2, -0.15) is 0 Å². The molecular formula is C96H114F6O24P6S6+6. The van der Waals surface area contributed by atoms with Gasteiger partial charge in [0.2, 0.25) is 31.5 Å². The van der Waals surface area contributed by atoms with Crippen molar-refractivity contribution in [2.45, 2.75) is 144 Å². The van der Waals surface area contributed by atoms with Crippen LogP contribution in [-0.2, 0) is 150 Å². The van der Waals surface area contributed by atoms with Crippen LogP contribution in [0.2, 0.25) is 0 Å². The van der Waals surface area contributed by atoms with Gasteiger partial charge in [0.1, 0.15) is 37.5 Å². The Morgan fingerprint density at radius 2 is 0.312 bits per heavy atom. The number of carbonyl (C=O) groups excluding carboxylic acids is 6. The largest absolute Gasteiger partial charge is 0.562 e. The average molecular weight is 2140 g/mol. The second kappa shape index (κ2) is 70.7. The monoisotopic (exact) mass is 2140 g/mol. The van der Waals surface area contributed by atoms with Gasteiger partial charge in [-0.3, -0.25) is 0 Å². The fourth-order valence-electron chi connectivity index (χ4n) is 11.9. The van der Waals surface area contributed by atoms with Crippen molar-refractivity contribution in [2.24, 2.45) is 0 Å². The van der Waals surface area contributed by atoms with E-state index >= 15 is 0 Å². The van der Waals surface area contributed by atoms with E-state index < -0.39 is 50.0 Å². The Morgan fingerprint density at radius 1 is 0.217 bits per heavy atom. The molecule has 12 aromatic rings. The van der Waals surface area contributed by atoms with Crippen LogP contribution in [0.1, 0.15) is 83.1 Å². The number of fused-ring (bicyclic) bond motifs is 6. The summed E-state index contributed by atoms with van der Waals surface area (Å²) in [5.74, 6) is -0.658. The van der Waals surface area contributed by atoms with Crippen LogP contribution in [0.5, 0.6) is 0 Å². The van der Waals surface area contributed by atoms with Crippen LogP contribution < -0.4 is 29.4 Å². The van der Waals surface area contributed by atoms with Gasteiger partial charge in [0, 0.05) is 102 Å². The highest BCUT2D eigenvalue weighted by Crippen LogP contribution is 2.31. The minimum Gasteiger partial charge on any atom is -0.562 e. The molecule has 0 aliphatic rings. The van der Waals surface area contributed by atoms with Gasteiger partial charge in [-0.15, -0.1) is 0 Å². The molecule has 0 radical (unpaired) electrons. The first-order valence-corrected chi connectivity index (χ1v) is 58.4. The van der Waals surface area contributed by atoms with Gasteiger partial charge in [0.05, 0.1) is 64.8 Å². The number of hydrogen-bond acceptors (Lipinski definition) is 24. The molecule has 0 fully saturated rings. The molecule has 18 unspecified atom stereocenters. The minimum atomic E-state index is -3.62. The fraction of sp³-hybridized carbons (Fsp3) is 0.312. The molecule has 0 saturated heterocycles. The summed E-state index contributed by atoms with van der Waals surface area (Å²) in [6.07, 6.45) is 12.6. The molecule has 0 aromatic heterocycles. The lowest BCUT2D eigenvalue weighted by Crippen LogP contribution is -2.28. The van der Waals surface area contributed by atoms with Crippen molar-refractivity contribution in [1.82, 2.24) is 0 Å². The Balaban J connectivity index is 0.000000788. The number of hydrogen-bond donors (Lipinski definition) is 0. The summed E-state index contributed by atoms with van der Waals surface area (Å²) < 4.78 is 141. The molecule has 0 spiro atoms. The van der Waals surface area contributed by atoms with Crippen LogP contribution in [0.25, 0.3) is 64.6 Å². The Hall–Kier alpha value is -8.94. The van der Waals surface area contributed by atoms with Gasteiger partial charge in [0.15, 0.2) is 29.4 Å². The first kappa shape index (κ1) is 127. The predicted molar refractivity (Wildman–Crippen MR) is 542 cm³/mol. The smallest absolute Gasteiger partial charge is 0.540 e. The lowest BCUT2D eigenvalue weighted by molar-refractivity contribution is -0.175. The molecule has 0 saturated carbocycles. The first-order chi connectivity index (χ1) is 65.2. The van der Waals surface area contributed by atoms with E-state index in [2.05, 4.69) is 220 Å². The molecule has 0 aliphatic carbocycles. The number of benzene rings is 12. The first-order valence-electron chi connectivity index (χ1n) is 41.8. The van der Waals surface area contributed by atoms with Crippen molar-refractivity contribution >= 4 is 216 Å². The number of halogens is 6. The predicted octanol–water partition coefficient (Wildman–Crippen LogP) is 20.2. The maximum absolute atomic E-state index is 11.8. The van der Waals surface area contributed by atoms with E-state index in [1.165, 1.54) is 94.0 Å². The molecule has 24 nitrogen and oxygen atoms in total. The Labute approximate surface area is 824 Å². The van der Waals surface area contributed by atoms with Gasteiger partial charge < -0.3 is 57.8 Å². The van der Waals surface area contributed by atoms with Crippen LogP contribution in [-0.4, -0.2) is 144 Å². The fourth-order valence-corrected chi connectivity index (χ4v) is 20.0. The number of carbonyl (C=O) groups is 6. The average Bonchev–Trinajstić information content (AvgIpc) is 0.848. The molecule has 42 heteroatoms. The zero-order valence-electron chi connectivity index (χ0n) is 79.2. The Kier molecular flexibility index (Phi) is 65.1. The van der Waals surface area contributed by atoms with E-state index in [-0.39, 0.29) is 133 Å². The third-order valence-electron chi connectivity index (χ3n) is 19.4. The van der Waals surface area contributed by atoms with Crippen LogP contribution in [0.4, 0.5) is 25.2 Å². The van der Waals surface area contributed by atoms with Gasteiger partial charge in [-0.05, 0) is 248 Å². The highest BCUT2D eigenvalue weighted by atomic mass is 32.2. The lowest BCUT2D eigenvalue weighted by atomic mass is 10.1. The second-order valence-corrected chi connectivity index (χ2v) is 44.4. The molecule has 0 N–H and O–H groups in total. The summed E-state index contributed by atoms with van der Waals surface area (Å²) >= 11 is 0. The van der Waals surface area contributed by atoms with E-state index in [1.807, 2.05) is 156 Å². The zero-order valence-corrected chi connectivity index (χ0v) is 89.4. The van der Waals surface area contributed by atoms with E-state index in [0.29, 0.717) is 39.6 Å². The maximum atomic E-state index is 11.8. The summed E-state index contributed by atoms with van der Waals surface area (Å²) in [7, 11) is -22.6. The summed E-state index contributed by atoms with van der Waals surface area (Å²) in [6.45, 7) is 25.4. The standard InChI is InChI=1S/6C16H19O2S.6FO2P/c6*1-4-18-16(17)12(2)19(3)15-10-9-13-7-5-6-8-14(13)11-15;6*1-4(2)3/h6*5-12H,4H2,1-3H3;;;;;;/q6*+1;;;;;;. The molecule has 0 aliphatic heterocycles. The SMILES string of the molecule is CCOC(=O)C(C)[S+](C)c1ccc2ccccc2c1.CCOC(=O)C(C)[S+](C)c1ccc2ccccc2c1.CCOC(=O)C(C)[S+](C)c1ccc2ccccc2c1.CCOC(=O)C(C)[S+](C)c1ccc2ccccc2c1.CCOC(=O)C(C)[S+](C)c1ccc2ccccc2c1.CCOC(=O)C(C)[S+](C)c1ccc2ccccc2c1.O=[P+]([O-])F.O=[P+]([O-])F.O=[P+]([O-])F.O=[P+]([O-])F.O=[P+]([O-])F.O=[P+]([O-])F. The molecule has 12 rings (SSSR count). The van der Waals surface area contributed by atoms with Gasteiger partial charge in [-0.25, -0.2) is 28.8 Å². The molecule has 12 aromatic carbocycles. The Bertz CT molecular complexity index is 4960. The molecule has 18 atom stereocenters. The van der Waals surface area contributed by atoms with E-state index in [1.54, 1.807) is 0 Å². The van der Waals surface area contributed by atoms with Gasteiger partial charge in [0.25, 0.3) is 0 Å². The van der Waals surface area contributed by atoms with E-state index in [9.17, 15) is 53.9 Å². The van der Waals surface area contributed by atoms with Crippen LogP contribution in [0, 0.1) is 0 Å². The normalized spacial score (nSPS) is 13.5. The third-order valence-corrected chi connectivity index (χ3v) is 33.0. The molecule has 138 heavy (non-hydrogen) atoms. The topological polar surface area (TPSA) is 399 Å². The summed E-state index contributed by atoms with van der Waals surface area (Å²) in [6, 6.07) is 88.1. The number of rotatable bonds is 24. The van der Waals surface area contributed by atoms with Crippen LogP contribution >= 0.6 is 50.0 Å². The molecule has 0 amide bonds. The van der Waals surface area contributed by atoms with E-state index in [0.717, 1.165) is 0 Å². The van der Waals surface area contributed by atoms with Gasteiger partial charge >= 0.3 is 85.8 Å².